The molecule has 0 saturated carbocycles. The predicted octanol–water partition coefficient (Wildman–Crippen LogP) is -6.52. The maximum atomic E-state index is 8.24. The molecule has 0 fully saturated rings. The van der Waals surface area contributed by atoms with Gasteiger partial charge in [-0.05, 0) is 0 Å². The van der Waals surface area contributed by atoms with Gasteiger partial charge < -0.3 is 15.3 Å². The molecule has 8 heteroatoms. The molecule has 0 spiro atoms. The van der Waals surface area contributed by atoms with Crippen molar-refractivity contribution in [1.82, 2.24) is 0 Å². The molecule has 0 amide bonds. The molecule has 0 rings (SSSR count). The molecule has 0 aromatic rings. The number of hydrogen-bond donors (Lipinski definition) is 0. The van der Waals surface area contributed by atoms with Gasteiger partial charge in [0.2, 0.25) is 0 Å². The quantitative estimate of drug-likeness (QED) is 0.295. The van der Waals surface area contributed by atoms with E-state index in [1.165, 1.54) is 0 Å². The van der Waals surface area contributed by atoms with E-state index in [1.807, 2.05) is 0 Å². The van der Waals surface area contributed by atoms with Gasteiger partial charge >= 0.3 is 67.9 Å². The number of rotatable bonds is 0. The van der Waals surface area contributed by atoms with Crippen molar-refractivity contribution in [3.63, 3.8) is 0 Å². The normalized spacial score (nSPS) is 1.91. The van der Waals surface area contributed by atoms with E-state index in [0.717, 1.165) is 0 Å². The molecular weight excluding hydrogens is 224 g/mol. The molecule has 0 atom stereocenters. The minimum absolute atomic E-state index is 0. The van der Waals surface area contributed by atoms with Gasteiger partial charge in [-0.2, -0.15) is 0 Å². The fourth-order valence-corrected chi connectivity index (χ4v) is 0. The van der Waals surface area contributed by atoms with Gasteiger partial charge in [-0.1, -0.05) is 0 Å². The predicted molar refractivity (Wildman–Crippen MR) is 16.8 cm³/mol. The third-order valence-corrected chi connectivity index (χ3v) is 0. The number of nitrogens with zero attached hydrogens (tertiary/aromatic N) is 3. The Balaban J connectivity index is -0.0000000150. The van der Waals surface area contributed by atoms with E-state index in [0.29, 0.717) is 18.8 Å². The van der Waals surface area contributed by atoms with Crippen molar-refractivity contribution in [2.45, 2.75) is 0 Å². The van der Waals surface area contributed by atoms with Crippen molar-refractivity contribution >= 4 is 0 Å². The molecular formula is C3KN3NiO3. The Morgan fingerprint density at radius 3 is 0.727 bits per heavy atom. The minimum Gasteiger partial charge on any atom is -0.812 e. The third kappa shape index (κ3) is 37900000000. The molecule has 0 aliphatic heterocycles. The van der Waals surface area contributed by atoms with Crippen molar-refractivity contribution in [3.8, 4) is 18.8 Å². The molecule has 0 aromatic heterocycles. The first-order valence-electron chi connectivity index (χ1n) is 1.28. The monoisotopic (exact) mass is 223 g/mol. The first kappa shape index (κ1) is 30.6. The summed E-state index contributed by atoms with van der Waals surface area (Å²) >= 11 is 0. The van der Waals surface area contributed by atoms with Gasteiger partial charge in [-0.15, -0.1) is 0 Å². The molecule has 0 radical (unpaired) electrons. The average Bonchev–Trinajstić information content (AvgIpc) is 1.70. The Kier molecular flexibility index (Phi) is 250. The Hall–Kier alpha value is -0.000130. The topological polar surface area (TPSA) is 141 Å². The zero-order valence-electron chi connectivity index (χ0n) is 5.38. The molecule has 0 aliphatic carbocycles. The van der Waals surface area contributed by atoms with Crippen LogP contribution in [0.4, 0.5) is 0 Å². The third-order valence-electron chi connectivity index (χ3n) is 0. The van der Waals surface area contributed by atoms with Crippen LogP contribution in [0.2, 0.25) is 0 Å². The van der Waals surface area contributed by atoms with Crippen LogP contribution in [-0.4, -0.2) is 0 Å². The van der Waals surface area contributed by atoms with E-state index >= 15 is 0 Å². The number of nitriles is 3. The summed E-state index contributed by atoms with van der Waals surface area (Å²) < 4.78 is 0. The van der Waals surface area contributed by atoms with E-state index < -0.39 is 0 Å². The fourth-order valence-electron chi connectivity index (χ4n) is 0. The van der Waals surface area contributed by atoms with Gasteiger partial charge in [0.15, 0.2) is 0 Å². The van der Waals surface area contributed by atoms with Gasteiger partial charge in [0, 0.05) is 18.8 Å². The van der Waals surface area contributed by atoms with Crippen molar-refractivity contribution in [2.24, 2.45) is 0 Å². The fraction of sp³-hybridized carbons (Fsp3) is 0. The van der Waals surface area contributed by atoms with Gasteiger partial charge in [-0.25, -0.2) is 15.8 Å². The number of hydrogen-bond acceptors (Lipinski definition) is 6. The second-order valence-electron chi connectivity index (χ2n) is 0.274. The summed E-state index contributed by atoms with van der Waals surface area (Å²) in [7, 11) is 0. The van der Waals surface area contributed by atoms with Crippen LogP contribution in [0.5, 0.6) is 0 Å². The van der Waals surface area contributed by atoms with Crippen LogP contribution in [-0.2, 0) is 16.5 Å². The molecule has 0 aliphatic rings. The van der Waals surface area contributed by atoms with Gasteiger partial charge in [-0.3, -0.25) is 0 Å². The van der Waals surface area contributed by atoms with Crippen LogP contribution in [0.15, 0.2) is 0 Å². The first-order chi connectivity index (χ1) is 4.24. The van der Waals surface area contributed by atoms with Crippen LogP contribution < -0.4 is 66.7 Å². The molecule has 11 heavy (non-hydrogen) atoms. The van der Waals surface area contributed by atoms with Crippen LogP contribution in [0.3, 0.4) is 0 Å². The molecule has 0 aromatic carbocycles. The van der Waals surface area contributed by atoms with E-state index in [2.05, 4.69) is 0 Å². The summed E-state index contributed by atoms with van der Waals surface area (Å²) in [5, 5.41) is 45.0. The van der Waals surface area contributed by atoms with Crippen LogP contribution in [0, 0.1) is 34.6 Å². The van der Waals surface area contributed by atoms with Crippen molar-refractivity contribution in [2.75, 3.05) is 0 Å². The Morgan fingerprint density at radius 1 is 0.727 bits per heavy atom. The minimum atomic E-state index is 0. The zero-order valence-corrected chi connectivity index (χ0v) is 9.49. The molecule has 6 nitrogen and oxygen atoms in total. The molecule has 0 N–H and O–H groups in total. The van der Waals surface area contributed by atoms with Crippen LogP contribution >= 0.6 is 0 Å². The Labute approximate surface area is 116 Å². The summed E-state index contributed by atoms with van der Waals surface area (Å²) in [5.41, 5.74) is 0. The van der Waals surface area contributed by atoms with E-state index in [1.54, 1.807) is 0 Å². The summed E-state index contributed by atoms with van der Waals surface area (Å²) in [6, 6.07) is 0. The first-order valence-corrected chi connectivity index (χ1v) is 1.28. The zero-order chi connectivity index (χ0) is 8.12. The SMILES string of the molecule is N#C[O-].N#C[O-].N#C[O-].[K+].[Ni+2]. The van der Waals surface area contributed by atoms with E-state index in [9.17, 15) is 0 Å². The second kappa shape index (κ2) is 90.0. The van der Waals surface area contributed by atoms with Gasteiger partial charge in [0.05, 0.1) is 0 Å². The summed E-state index contributed by atoms with van der Waals surface area (Å²) in [6.45, 7) is 0. The smallest absolute Gasteiger partial charge is 0.812 e. The Bertz CT molecular complexity index is 117. The van der Waals surface area contributed by atoms with Crippen molar-refractivity contribution in [3.05, 3.63) is 0 Å². The molecule has 0 saturated heterocycles. The largest absolute Gasteiger partial charge is 2.00 e. The van der Waals surface area contributed by atoms with Crippen LogP contribution in [0.1, 0.15) is 0 Å². The average molecular weight is 224 g/mol. The maximum absolute atomic E-state index is 8.24. The van der Waals surface area contributed by atoms with Gasteiger partial charge in [0.25, 0.3) is 0 Å². The van der Waals surface area contributed by atoms with E-state index in [4.69, 9.17) is 31.1 Å². The van der Waals surface area contributed by atoms with Gasteiger partial charge in [0.1, 0.15) is 0 Å². The molecule has 0 heterocycles. The second-order valence-corrected chi connectivity index (χ2v) is 0.274. The molecule has 56 valence electrons. The molecule has 0 bridgehead atoms. The molecule has 0 unspecified atom stereocenters. The summed E-state index contributed by atoms with van der Waals surface area (Å²) in [4.78, 5) is 0. The maximum Gasteiger partial charge on any atom is 2.00 e. The summed E-state index contributed by atoms with van der Waals surface area (Å²) in [6.07, 6.45) is 1.50. The van der Waals surface area contributed by atoms with Crippen molar-refractivity contribution in [1.29, 1.82) is 15.8 Å². The van der Waals surface area contributed by atoms with Crippen molar-refractivity contribution < 1.29 is 83.2 Å². The van der Waals surface area contributed by atoms with E-state index in [-0.39, 0.29) is 67.9 Å². The summed E-state index contributed by atoms with van der Waals surface area (Å²) in [5.74, 6) is 0. The Morgan fingerprint density at radius 2 is 0.727 bits per heavy atom. The standard InChI is InChI=1S/3CHNO.K.Ni/c3*2-1-3;;/h3*3H;;/q;;;+1;+2/p-3. The van der Waals surface area contributed by atoms with Crippen LogP contribution in [0.25, 0.3) is 0 Å².